The molecule has 3 N–H and O–H groups in total. The number of ether oxygens (including phenoxy) is 2. The van der Waals surface area contributed by atoms with E-state index in [1.165, 1.54) is 7.11 Å². The topological polar surface area (TPSA) is 79.8 Å². The molecule has 0 radical (unpaired) electrons. The lowest BCUT2D eigenvalue weighted by molar-refractivity contribution is -0.117. The zero-order valence-corrected chi connectivity index (χ0v) is 11.4. The zero-order chi connectivity index (χ0) is 14.3. The molecule has 1 unspecified atom stereocenters. The molecule has 0 aliphatic carbocycles. The van der Waals surface area contributed by atoms with E-state index in [-0.39, 0.29) is 18.6 Å². The van der Waals surface area contributed by atoms with E-state index in [0.717, 1.165) is 0 Å². The first-order chi connectivity index (χ1) is 9.12. The molecule has 0 aliphatic heterocycles. The van der Waals surface area contributed by atoms with Gasteiger partial charge < -0.3 is 25.2 Å². The number of hydrogen-bond acceptors (Lipinski definition) is 5. The fourth-order valence-corrected chi connectivity index (χ4v) is 1.54. The summed E-state index contributed by atoms with van der Waals surface area (Å²) in [4.78, 5) is 11.8. The maximum atomic E-state index is 11.8. The molecule has 1 amide bonds. The number of anilines is 1. The zero-order valence-electron chi connectivity index (χ0n) is 11.4. The van der Waals surface area contributed by atoms with Crippen molar-refractivity contribution >= 4 is 11.6 Å². The van der Waals surface area contributed by atoms with Gasteiger partial charge in [0.1, 0.15) is 0 Å². The van der Waals surface area contributed by atoms with Gasteiger partial charge in [-0.1, -0.05) is 0 Å². The normalized spacial score (nSPS) is 11.8. The Balaban J connectivity index is 2.69. The lowest BCUT2D eigenvalue weighted by atomic mass is 10.2. The van der Waals surface area contributed by atoms with Crippen molar-refractivity contribution in [2.45, 2.75) is 13.0 Å². The van der Waals surface area contributed by atoms with Crippen molar-refractivity contribution < 1.29 is 19.4 Å². The maximum Gasteiger partial charge on any atom is 0.241 e. The third-order valence-corrected chi connectivity index (χ3v) is 2.61. The summed E-state index contributed by atoms with van der Waals surface area (Å²) in [5.74, 6) is 0.976. The summed E-state index contributed by atoms with van der Waals surface area (Å²) in [6, 6.07) is 4.76. The van der Waals surface area contributed by atoms with Crippen molar-refractivity contribution in [2.75, 3.05) is 32.7 Å². The molecular weight excluding hydrogens is 248 g/mol. The molecule has 0 aromatic heterocycles. The Morgan fingerprint density at radius 3 is 2.58 bits per heavy atom. The largest absolute Gasteiger partial charge is 0.493 e. The molecule has 0 fully saturated rings. The molecule has 6 heteroatoms. The number of carbonyl (C=O) groups excluding carboxylic acids is 1. The van der Waals surface area contributed by atoms with Crippen molar-refractivity contribution in [3.8, 4) is 11.5 Å². The minimum absolute atomic E-state index is 0.00597. The van der Waals surface area contributed by atoms with Gasteiger partial charge in [0.05, 0.1) is 26.9 Å². The second kappa shape index (κ2) is 7.60. The van der Waals surface area contributed by atoms with Gasteiger partial charge in [-0.2, -0.15) is 0 Å². The van der Waals surface area contributed by atoms with Crippen molar-refractivity contribution in [2.24, 2.45) is 0 Å². The van der Waals surface area contributed by atoms with Crippen LogP contribution in [0.25, 0.3) is 0 Å². The van der Waals surface area contributed by atoms with Gasteiger partial charge in [-0.05, 0) is 19.1 Å². The Kier molecular flexibility index (Phi) is 6.11. The molecule has 0 saturated heterocycles. The van der Waals surface area contributed by atoms with Crippen LogP contribution in [0.3, 0.4) is 0 Å². The van der Waals surface area contributed by atoms with E-state index in [2.05, 4.69) is 10.6 Å². The Labute approximate surface area is 112 Å². The molecule has 0 aliphatic rings. The highest BCUT2D eigenvalue weighted by atomic mass is 16.5. The molecular formula is C13H20N2O4. The summed E-state index contributed by atoms with van der Waals surface area (Å²) in [7, 11) is 3.09. The van der Waals surface area contributed by atoms with E-state index in [4.69, 9.17) is 14.6 Å². The van der Waals surface area contributed by atoms with Crippen LogP contribution in [-0.2, 0) is 4.79 Å². The molecule has 1 aromatic rings. The van der Waals surface area contributed by atoms with Crippen LogP contribution in [0.1, 0.15) is 6.92 Å². The van der Waals surface area contributed by atoms with Gasteiger partial charge in [-0.3, -0.25) is 4.79 Å². The number of benzene rings is 1. The molecule has 19 heavy (non-hydrogen) atoms. The Bertz CT molecular complexity index is 423. The summed E-state index contributed by atoms with van der Waals surface area (Å²) in [6.45, 7) is 2.10. The maximum absolute atomic E-state index is 11.8. The third-order valence-electron chi connectivity index (χ3n) is 2.61. The Morgan fingerprint density at radius 2 is 2.00 bits per heavy atom. The number of rotatable bonds is 7. The van der Waals surface area contributed by atoms with Crippen LogP contribution >= 0.6 is 0 Å². The number of aliphatic hydroxyl groups excluding tert-OH is 1. The van der Waals surface area contributed by atoms with Gasteiger partial charge in [0.25, 0.3) is 0 Å². The van der Waals surface area contributed by atoms with Gasteiger partial charge in [0, 0.05) is 18.3 Å². The fourth-order valence-electron chi connectivity index (χ4n) is 1.54. The van der Waals surface area contributed by atoms with E-state index >= 15 is 0 Å². The van der Waals surface area contributed by atoms with Crippen LogP contribution < -0.4 is 20.1 Å². The van der Waals surface area contributed by atoms with Gasteiger partial charge in [0.15, 0.2) is 11.5 Å². The number of amides is 1. The molecule has 1 aromatic carbocycles. The molecule has 1 atom stereocenters. The lowest BCUT2D eigenvalue weighted by Crippen LogP contribution is -2.39. The quantitative estimate of drug-likeness (QED) is 0.675. The molecule has 106 valence electrons. The monoisotopic (exact) mass is 268 g/mol. The first-order valence-corrected chi connectivity index (χ1v) is 5.99. The van der Waals surface area contributed by atoms with Crippen LogP contribution in [-0.4, -0.2) is 44.4 Å². The van der Waals surface area contributed by atoms with Gasteiger partial charge in [-0.25, -0.2) is 0 Å². The van der Waals surface area contributed by atoms with E-state index < -0.39 is 0 Å². The van der Waals surface area contributed by atoms with Gasteiger partial charge >= 0.3 is 0 Å². The smallest absolute Gasteiger partial charge is 0.241 e. The third kappa shape index (κ3) is 4.42. The number of aliphatic hydroxyl groups is 1. The predicted molar refractivity (Wildman–Crippen MR) is 72.7 cm³/mol. The highest BCUT2D eigenvalue weighted by Crippen LogP contribution is 2.29. The summed E-state index contributed by atoms with van der Waals surface area (Å²) in [6.07, 6.45) is 0. The standard InChI is InChI=1S/C13H20N2O4/c1-9(14-6-7-16)13(17)15-10-4-5-11(18-2)12(8-10)19-3/h4-5,8-9,14,16H,6-7H2,1-3H3,(H,15,17). The molecule has 0 spiro atoms. The van der Waals surface area contributed by atoms with Crippen LogP contribution in [0, 0.1) is 0 Å². The van der Waals surface area contributed by atoms with Crippen LogP contribution in [0.4, 0.5) is 5.69 Å². The van der Waals surface area contributed by atoms with Crippen molar-refractivity contribution in [1.29, 1.82) is 0 Å². The molecule has 0 bridgehead atoms. The second-order valence-electron chi connectivity index (χ2n) is 3.96. The Morgan fingerprint density at radius 1 is 1.32 bits per heavy atom. The van der Waals surface area contributed by atoms with Gasteiger partial charge in [0.2, 0.25) is 5.91 Å². The minimum atomic E-state index is -0.389. The van der Waals surface area contributed by atoms with E-state index in [9.17, 15) is 4.79 Å². The number of hydrogen-bond donors (Lipinski definition) is 3. The number of carbonyl (C=O) groups is 1. The van der Waals surface area contributed by atoms with E-state index in [1.54, 1.807) is 32.2 Å². The average Bonchev–Trinajstić information content (AvgIpc) is 2.44. The van der Waals surface area contributed by atoms with E-state index in [0.29, 0.717) is 23.7 Å². The van der Waals surface area contributed by atoms with Crippen molar-refractivity contribution in [3.63, 3.8) is 0 Å². The van der Waals surface area contributed by atoms with Gasteiger partial charge in [-0.15, -0.1) is 0 Å². The van der Waals surface area contributed by atoms with Crippen molar-refractivity contribution in [1.82, 2.24) is 5.32 Å². The number of methoxy groups -OCH3 is 2. The first-order valence-electron chi connectivity index (χ1n) is 5.99. The summed E-state index contributed by atoms with van der Waals surface area (Å²) >= 11 is 0. The highest BCUT2D eigenvalue weighted by molar-refractivity contribution is 5.94. The second-order valence-corrected chi connectivity index (χ2v) is 3.96. The van der Waals surface area contributed by atoms with Crippen molar-refractivity contribution in [3.05, 3.63) is 18.2 Å². The lowest BCUT2D eigenvalue weighted by Gasteiger charge is -2.14. The molecule has 0 heterocycles. The molecule has 6 nitrogen and oxygen atoms in total. The summed E-state index contributed by atoms with van der Waals surface area (Å²) in [5, 5.41) is 14.3. The summed E-state index contributed by atoms with van der Waals surface area (Å²) < 4.78 is 10.3. The van der Waals surface area contributed by atoms with E-state index in [1.807, 2.05) is 0 Å². The SMILES string of the molecule is COc1ccc(NC(=O)C(C)NCCO)cc1OC. The predicted octanol–water partition coefficient (Wildman–Crippen LogP) is 0.613. The highest BCUT2D eigenvalue weighted by Gasteiger charge is 2.13. The molecule has 1 rings (SSSR count). The fraction of sp³-hybridized carbons (Fsp3) is 0.462. The number of nitrogens with one attached hydrogen (secondary N) is 2. The summed E-state index contributed by atoms with van der Waals surface area (Å²) in [5.41, 5.74) is 0.625. The molecule has 0 saturated carbocycles. The van der Waals surface area contributed by atoms with Crippen LogP contribution in [0.15, 0.2) is 18.2 Å². The average molecular weight is 268 g/mol. The van der Waals surface area contributed by atoms with Crippen LogP contribution in [0.5, 0.6) is 11.5 Å². The Hall–Kier alpha value is -1.79. The minimum Gasteiger partial charge on any atom is -0.493 e. The first kappa shape index (κ1) is 15.3. The van der Waals surface area contributed by atoms with Crippen LogP contribution in [0.2, 0.25) is 0 Å².